The number of rotatable bonds is 5. The van der Waals surface area contributed by atoms with E-state index in [4.69, 9.17) is 4.74 Å². The Morgan fingerprint density at radius 2 is 1.86 bits per heavy atom. The zero-order chi connectivity index (χ0) is 15.8. The SMILES string of the molecule is COCC1(CNC(C)C)C(F)=C(F)c2c1ccc(F)c2F. The monoisotopic (exact) mass is 303 g/mol. The Morgan fingerprint density at radius 1 is 1.19 bits per heavy atom. The predicted octanol–water partition coefficient (Wildman–Crippen LogP) is 3.47. The molecule has 0 saturated carbocycles. The first-order chi connectivity index (χ1) is 9.85. The van der Waals surface area contributed by atoms with Crippen LogP contribution in [0.3, 0.4) is 0 Å². The summed E-state index contributed by atoms with van der Waals surface area (Å²) in [7, 11) is 1.35. The lowest BCUT2D eigenvalue weighted by Crippen LogP contribution is -2.43. The zero-order valence-corrected chi connectivity index (χ0v) is 12.1. The van der Waals surface area contributed by atoms with Crippen molar-refractivity contribution >= 4 is 5.83 Å². The second kappa shape index (κ2) is 5.77. The molecule has 1 aliphatic carbocycles. The normalized spacial score (nSPS) is 21.3. The summed E-state index contributed by atoms with van der Waals surface area (Å²) in [5.41, 5.74) is -2.06. The molecule has 1 N–H and O–H groups in total. The number of hydrogen-bond donors (Lipinski definition) is 1. The molecule has 0 aliphatic heterocycles. The quantitative estimate of drug-likeness (QED) is 0.841. The highest BCUT2D eigenvalue weighted by Gasteiger charge is 2.48. The molecule has 0 radical (unpaired) electrons. The summed E-state index contributed by atoms with van der Waals surface area (Å²) in [4.78, 5) is 0. The van der Waals surface area contributed by atoms with Crippen LogP contribution in [0.25, 0.3) is 5.83 Å². The van der Waals surface area contributed by atoms with Gasteiger partial charge in [-0.05, 0) is 11.6 Å². The van der Waals surface area contributed by atoms with Gasteiger partial charge in [-0.3, -0.25) is 0 Å². The second-order valence-corrected chi connectivity index (χ2v) is 5.46. The fraction of sp³-hybridized carbons (Fsp3) is 0.467. The van der Waals surface area contributed by atoms with E-state index in [0.29, 0.717) is 0 Å². The van der Waals surface area contributed by atoms with E-state index in [-0.39, 0.29) is 24.8 Å². The Morgan fingerprint density at radius 3 is 2.43 bits per heavy atom. The van der Waals surface area contributed by atoms with E-state index < -0.39 is 34.3 Å². The molecule has 0 saturated heterocycles. The molecule has 1 aromatic carbocycles. The van der Waals surface area contributed by atoms with Gasteiger partial charge in [0.25, 0.3) is 0 Å². The van der Waals surface area contributed by atoms with Gasteiger partial charge in [-0.1, -0.05) is 19.9 Å². The lowest BCUT2D eigenvalue weighted by molar-refractivity contribution is 0.133. The maximum atomic E-state index is 14.5. The fourth-order valence-corrected chi connectivity index (χ4v) is 2.59. The Balaban J connectivity index is 2.60. The van der Waals surface area contributed by atoms with Crippen molar-refractivity contribution in [1.82, 2.24) is 5.32 Å². The highest BCUT2D eigenvalue weighted by atomic mass is 19.2. The number of hydrogen-bond acceptors (Lipinski definition) is 2. The minimum Gasteiger partial charge on any atom is -0.383 e. The predicted molar refractivity (Wildman–Crippen MR) is 72.2 cm³/mol. The lowest BCUT2D eigenvalue weighted by Gasteiger charge is -2.30. The van der Waals surface area contributed by atoms with Gasteiger partial charge in [0.15, 0.2) is 23.3 Å². The first-order valence-corrected chi connectivity index (χ1v) is 6.62. The van der Waals surface area contributed by atoms with E-state index in [9.17, 15) is 17.6 Å². The maximum absolute atomic E-state index is 14.5. The van der Waals surface area contributed by atoms with E-state index in [0.717, 1.165) is 6.07 Å². The molecule has 1 atom stereocenters. The second-order valence-electron chi connectivity index (χ2n) is 5.46. The molecule has 21 heavy (non-hydrogen) atoms. The van der Waals surface area contributed by atoms with Gasteiger partial charge >= 0.3 is 0 Å². The summed E-state index contributed by atoms with van der Waals surface area (Å²) in [6.45, 7) is 3.54. The Kier molecular flexibility index (Phi) is 4.39. The van der Waals surface area contributed by atoms with Crippen molar-refractivity contribution in [2.75, 3.05) is 20.3 Å². The Labute approximate surface area is 120 Å². The molecule has 1 unspecified atom stereocenters. The van der Waals surface area contributed by atoms with Gasteiger partial charge in [0.2, 0.25) is 0 Å². The first kappa shape index (κ1) is 16.0. The molecule has 2 nitrogen and oxygen atoms in total. The number of ether oxygens (including phenoxy) is 1. The molecule has 6 heteroatoms. The standard InChI is InChI=1S/C15H17F4NO/c1-8(2)20-6-15(7-21-3)9-4-5-10(16)12(17)11(9)13(18)14(15)19/h4-5,8,20H,6-7H2,1-3H3. The third-order valence-corrected chi connectivity index (χ3v) is 3.65. The molecule has 0 aromatic heterocycles. The van der Waals surface area contributed by atoms with Crippen LogP contribution in [-0.2, 0) is 10.2 Å². The molecule has 0 heterocycles. The van der Waals surface area contributed by atoms with Crippen molar-refractivity contribution in [1.29, 1.82) is 0 Å². The summed E-state index contributed by atoms with van der Waals surface area (Å²) >= 11 is 0. The Bertz CT molecular complexity index is 585. The molecule has 0 fully saturated rings. The van der Waals surface area contributed by atoms with Crippen LogP contribution in [-0.4, -0.2) is 26.3 Å². The molecule has 0 amide bonds. The van der Waals surface area contributed by atoms with Crippen LogP contribution in [0.15, 0.2) is 18.0 Å². The number of methoxy groups -OCH3 is 1. The third kappa shape index (κ3) is 2.46. The molecule has 2 rings (SSSR count). The van der Waals surface area contributed by atoms with E-state index >= 15 is 0 Å². The lowest BCUT2D eigenvalue weighted by atomic mass is 9.82. The van der Waals surface area contributed by atoms with Crippen LogP contribution in [0.1, 0.15) is 25.0 Å². The van der Waals surface area contributed by atoms with Crippen LogP contribution in [0.4, 0.5) is 17.6 Å². The average molecular weight is 303 g/mol. The molecular formula is C15H17F4NO. The van der Waals surface area contributed by atoms with Crippen LogP contribution >= 0.6 is 0 Å². The van der Waals surface area contributed by atoms with Gasteiger partial charge in [0.05, 0.1) is 17.6 Å². The maximum Gasteiger partial charge on any atom is 0.169 e. The van der Waals surface area contributed by atoms with Crippen molar-refractivity contribution < 1.29 is 22.3 Å². The van der Waals surface area contributed by atoms with Gasteiger partial charge < -0.3 is 10.1 Å². The Hall–Kier alpha value is -1.40. The van der Waals surface area contributed by atoms with Crippen molar-refractivity contribution in [3.05, 3.63) is 40.7 Å². The molecule has 116 valence electrons. The van der Waals surface area contributed by atoms with Crippen molar-refractivity contribution in [2.24, 2.45) is 0 Å². The summed E-state index contributed by atoms with van der Waals surface area (Å²) in [5.74, 6) is -5.06. The van der Waals surface area contributed by atoms with Crippen LogP contribution < -0.4 is 5.32 Å². The smallest absolute Gasteiger partial charge is 0.169 e. The number of fused-ring (bicyclic) bond motifs is 1. The number of benzene rings is 1. The third-order valence-electron chi connectivity index (χ3n) is 3.65. The fourth-order valence-electron chi connectivity index (χ4n) is 2.59. The van der Waals surface area contributed by atoms with Crippen molar-refractivity contribution in [2.45, 2.75) is 25.3 Å². The van der Waals surface area contributed by atoms with E-state index in [1.807, 2.05) is 13.8 Å². The minimum absolute atomic E-state index is 0.0175. The largest absolute Gasteiger partial charge is 0.383 e. The van der Waals surface area contributed by atoms with Crippen LogP contribution in [0, 0.1) is 11.6 Å². The highest BCUT2D eigenvalue weighted by Crippen LogP contribution is 2.49. The van der Waals surface area contributed by atoms with Gasteiger partial charge in [-0.25, -0.2) is 17.6 Å². The first-order valence-electron chi connectivity index (χ1n) is 6.62. The van der Waals surface area contributed by atoms with Crippen LogP contribution in [0.5, 0.6) is 0 Å². The summed E-state index contributed by atoms with van der Waals surface area (Å²) in [6, 6.07) is 2.10. The average Bonchev–Trinajstić information content (AvgIpc) is 2.64. The van der Waals surface area contributed by atoms with Crippen LogP contribution in [0.2, 0.25) is 0 Å². The molecular weight excluding hydrogens is 286 g/mol. The van der Waals surface area contributed by atoms with Crippen molar-refractivity contribution in [3.63, 3.8) is 0 Å². The minimum atomic E-state index is -1.48. The summed E-state index contributed by atoms with van der Waals surface area (Å²) in [6.07, 6.45) is 0. The van der Waals surface area contributed by atoms with E-state index in [1.165, 1.54) is 13.2 Å². The summed E-state index contributed by atoms with van der Waals surface area (Å²) < 4.78 is 60.7. The van der Waals surface area contributed by atoms with Crippen molar-refractivity contribution in [3.8, 4) is 0 Å². The van der Waals surface area contributed by atoms with E-state index in [1.54, 1.807) is 0 Å². The van der Waals surface area contributed by atoms with Gasteiger partial charge in [-0.15, -0.1) is 0 Å². The topological polar surface area (TPSA) is 21.3 Å². The molecule has 0 bridgehead atoms. The molecule has 1 aromatic rings. The summed E-state index contributed by atoms with van der Waals surface area (Å²) in [5, 5.41) is 3.00. The molecule has 1 aliphatic rings. The van der Waals surface area contributed by atoms with Gasteiger partial charge in [0, 0.05) is 19.7 Å². The highest BCUT2D eigenvalue weighted by molar-refractivity contribution is 5.75. The van der Waals surface area contributed by atoms with Gasteiger partial charge in [0.1, 0.15) is 0 Å². The number of nitrogens with one attached hydrogen (secondary N) is 1. The van der Waals surface area contributed by atoms with Gasteiger partial charge in [-0.2, -0.15) is 0 Å². The zero-order valence-electron chi connectivity index (χ0n) is 12.1. The van der Waals surface area contributed by atoms with E-state index in [2.05, 4.69) is 5.32 Å². The molecule has 0 spiro atoms. The number of halogens is 4.